The van der Waals surface area contributed by atoms with Crippen LogP contribution in [0, 0.1) is 0 Å². The van der Waals surface area contributed by atoms with E-state index in [1.165, 1.54) is 5.56 Å². The van der Waals surface area contributed by atoms with Crippen LogP contribution in [0.15, 0.2) is 48.5 Å². The van der Waals surface area contributed by atoms with Crippen molar-refractivity contribution in [3.8, 4) is 0 Å². The first kappa shape index (κ1) is 17.9. The van der Waals surface area contributed by atoms with Crippen molar-refractivity contribution in [2.75, 3.05) is 41.8 Å². The van der Waals surface area contributed by atoms with Gasteiger partial charge in [0, 0.05) is 18.8 Å². The molecule has 0 bridgehead atoms. The second-order valence-corrected chi connectivity index (χ2v) is 6.08. The van der Waals surface area contributed by atoms with Gasteiger partial charge in [-0.3, -0.25) is 9.59 Å². The lowest BCUT2D eigenvalue weighted by Crippen LogP contribution is -2.37. The van der Waals surface area contributed by atoms with E-state index >= 15 is 0 Å². The third-order valence-corrected chi connectivity index (χ3v) is 4.33. The number of aryl methyl sites for hydroxylation is 1. The number of hydrogen-bond acceptors (Lipinski definition) is 4. The number of hydrogen-bond donors (Lipinski definition) is 2. The van der Waals surface area contributed by atoms with Gasteiger partial charge in [-0.05, 0) is 36.2 Å². The molecule has 0 aromatic heterocycles. The lowest BCUT2D eigenvalue weighted by molar-refractivity contribution is -0.132. The van der Waals surface area contributed by atoms with Gasteiger partial charge in [0.15, 0.2) is 0 Å². The number of para-hydroxylation sites is 2. The Morgan fingerprint density at radius 3 is 2.31 bits per heavy atom. The lowest BCUT2D eigenvalue weighted by atomic mass is 10.1. The fourth-order valence-corrected chi connectivity index (χ4v) is 2.85. The van der Waals surface area contributed by atoms with Crippen molar-refractivity contribution in [3.05, 3.63) is 54.1 Å². The van der Waals surface area contributed by atoms with E-state index < -0.39 is 11.8 Å². The van der Waals surface area contributed by atoms with E-state index in [-0.39, 0.29) is 0 Å². The summed E-state index contributed by atoms with van der Waals surface area (Å²) in [6.45, 7) is 4.87. The maximum absolute atomic E-state index is 12.3. The molecule has 2 aromatic rings. The number of benzene rings is 2. The summed E-state index contributed by atoms with van der Waals surface area (Å²) in [4.78, 5) is 26.7. The van der Waals surface area contributed by atoms with Crippen LogP contribution >= 0.6 is 0 Å². The van der Waals surface area contributed by atoms with Gasteiger partial charge in [0.1, 0.15) is 0 Å². The van der Waals surface area contributed by atoms with Gasteiger partial charge >= 0.3 is 11.8 Å². The molecule has 1 aliphatic rings. The van der Waals surface area contributed by atoms with Crippen LogP contribution in [0.3, 0.4) is 0 Å². The number of carbonyl (C=O) groups excluding carboxylic acids is 2. The molecule has 3 rings (SSSR count). The molecule has 2 aromatic carbocycles. The fourth-order valence-electron chi connectivity index (χ4n) is 2.85. The number of rotatable bonds is 4. The highest BCUT2D eigenvalue weighted by molar-refractivity contribution is 6.43. The predicted octanol–water partition coefficient (Wildman–Crippen LogP) is 2.66. The van der Waals surface area contributed by atoms with Crippen LogP contribution in [0.4, 0.5) is 17.1 Å². The van der Waals surface area contributed by atoms with Crippen molar-refractivity contribution < 1.29 is 14.3 Å². The minimum atomic E-state index is -0.690. The molecule has 0 radical (unpaired) electrons. The topological polar surface area (TPSA) is 70.7 Å². The van der Waals surface area contributed by atoms with Gasteiger partial charge in [-0.1, -0.05) is 31.2 Å². The minimum Gasteiger partial charge on any atom is -0.378 e. The minimum absolute atomic E-state index is 0.601. The summed E-state index contributed by atoms with van der Waals surface area (Å²) in [5.74, 6) is -1.38. The van der Waals surface area contributed by atoms with Gasteiger partial charge in [0.25, 0.3) is 0 Å². The molecule has 6 heteroatoms. The summed E-state index contributed by atoms with van der Waals surface area (Å²) in [5, 5.41) is 5.34. The molecule has 26 heavy (non-hydrogen) atoms. The maximum atomic E-state index is 12.3. The Morgan fingerprint density at radius 1 is 0.962 bits per heavy atom. The van der Waals surface area contributed by atoms with Gasteiger partial charge < -0.3 is 20.3 Å². The Kier molecular flexibility index (Phi) is 5.86. The first-order chi connectivity index (χ1) is 12.7. The molecule has 0 atom stereocenters. The Balaban J connectivity index is 1.66. The first-order valence-corrected chi connectivity index (χ1v) is 8.80. The normalized spacial score (nSPS) is 14.0. The van der Waals surface area contributed by atoms with Crippen LogP contribution in [0.5, 0.6) is 0 Å². The fraction of sp³-hybridized carbons (Fsp3) is 0.300. The zero-order valence-electron chi connectivity index (χ0n) is 14.8. The molecule has 2 amide bonds. The molecule has 1 fully saturated rings. The summed E-state index contributed by atoms with van der Waals surface area (Å²) in [6.07, 6.45) is 0.924. The summed E-state index contributed by atoms with van der Waals surface area (Å²) in [5.41, 5.74) is 3.29. The van der Waals surface area contributed by atoms with Crippen molar-refractivity contribution in [3.63, 3.8) is 0 Å². The van der Waals surface area contributed by atoms with E-state index in [1.54, 1.807) is 18.2 Å². The molecular weight excluding hydrogens is 330 g/mol. The summed E-state index contributed by atoms with van der Waals surface area (Å²) >= 11 is 0. The average molecular weight is 353 g/mol. The molecule has 1 saturated heterocycles. The van der Waals surface area contributed by atoms with Crippen LogP contribution in [-0.2, 0) is 20.7 Å². The predicted molar refractivity (Wildman–Crippen MR) is 103 cm³/mol. The SMILES string of the molecule is CCc1ccc(NC(=O)C(=O)Nc2ccccc2N2CCOCC2)cc1. The van der Waals surface area contributed by atoms with E-state index in [2.05, 4.69) is 22.5 Å². The largest absolute Gasteiger partial charge is 0.378 e. The van der Waals surface area contributed by atoms with Crippen molar-refractivity contribution in [2.24, 2.45) is 0 Å². The molecule has 2 N–H and O–H groups in total. The van der Waals surface area contributed by atoms with E-state index in [0.717, 1.165) is 25.2 Å². The number of amides is 2. The van der Waals surface area contributed by atoms with Gasteiger partial charge in [-0.2, -0.15) is 0 Å². The highest BCUT2D eigenvalue weighted by atomic mass is 16.5. The number of anilines is 3. The summed E-state index contributed by atoms with van der Waals surface area (Å²) < 4.78 is 5.37. The van der Waals surface area contributed by atoms with Crippen LogP contribution in [0.1, 0.15) is 12.5 Å². The molecule has 6 nitrogen and oxygen atoms in total. The third kappa shape index (κ3) is 4.40. The average Bonchev–Trinajstić information content (AvgIpc) is 2.69. The smallest absolute Gasteiger partial charge is 0.314 e. The molecule has 1 heterocycles. The van der Waals surface area contributed by atoms with Gasteiger partial charge in [0.05, 0.1) is 24.6 Å². The van der Waals surface area contributed by atoms with Crippen molar-refractivity contribution >= 4 is 28.9 Å². The molecule has 0 aliphatic carbocycles. The second-order valence-electron chi connectivity index (χ2n) is 6.08. The molecule has 0 unspecified atom stereocenters. The van der Waals surface area contributed by atoms with E-state index in [0.29, 0.717) is 24.6 Å². The van der Waals surface area contributed by atoms with Gasteiger partial charge in [-0.15, -0.1) is 0 Å². The number of nitrogens with zero attached hydrogens (tertiary/aromatic N) is 1. The van der Waals surface area contributed by atoms with Crippen LogP contribution in [0.2, 0.25) is 0 Å². The van der Waals surface area contributed by atoms with Gasteiger partial charge in [0.2, 0.25) is 0 Å². The zero-order chi connectivity index (χ0) is 18.4. The Labute approximate surface area is 153 Å². The first-order valence-electron chi connectivity index (χ1n) is 8.80. The highest BCUT2D eigenvalue weighted by Gasteiger charge is 2.19. The molecule has 1 aliphatic heterocycles. The maximum Gasteiger partial charge on any atom is 0.314 e. The third-order valence-electron chi connectivity index (χ3n) is 4.33. The van der Waals surface area contributed by atoms with E-state index in [4.69, 9.17) is 4.74 Å². The van der Waals surface area contributed by atoms with E-state index in [9.17, 15) is 9.59 Å². The number of ether oxygens (including phenoxy) is 1. The van der Waals surface area contributed by atoms with Crippen LogP contribution in [-0.4, -0.2) is 38.1 Å². The molecular formula is C20H23N3O3. The summed E-state index contributed by atoms with van der Waals surface area (Å²) in [7, 11) is 0. The standard InChI is InChI=1S/C20H23N3O3/c1-2-15-7-9-16(10-8-15)21-19(24)20(25)22-17-5-3-4-6-18(17)23-11-13-26-14-12-23/h3-10H,2,11-14H2,1H3,(H,21,24)(H,22,25). The van der Waals surface area contributed by atoms with E-state index in [1.807, 2.05) is 30.3 Å². The molecule has 0 saturated carbocycles. The van der Waals surface area contributed by atoms with Crippen molar-refractivity contribution in [2.45, 2.75) is 13.3 Å². The number of morpholine rings is 1. The Bertz CT molecular complexity index is 768. The van der Waals surface area contributed by atoms with Crippen molar-refractivity contribution in [1.82, 2.24) is 0 Å². The Hall–Kier alpha value is -2.86. The Morgan fingerprint density at radius 2 is 1.62 bits per heavy atom. The van der Waals surface area contributed by atoms with Crippen LogP contribution < -0.4 is 15.5 Å². The monoisotopic (exact) mass is 353 g/mol. The zero-order valence-corrected chi connectivity index (χ0v) is 14.8. The molecule has 136 valence electrons. The number of carbonyl (C=O) groups is 2. The second kappa shape index (κ2) is 8.49. The number of nitrogens with one attached hydrogen (secondary N) is 2. The van der Waals surface area contributed by atoms with Crippen LogP contribution in [0.25, 0.3) is 0 Å². The highest BCUT2D eigenvalue weighted by Crippen LogP contribution is 2.26. The lowest BCUT2D eigenvalue weighted by Gasteiger charge is -2.30. The van der Waals surface area contributed by atoms with Gasteiger partial charge in [-0.25, -0.2) is 0 Å². The summed E-state index contributed by atoms with van der Waals surface area (Å²) in [6, 6.07) is 14.9. The quantitative estimate of drug-likeness (QED) is 0.829. The van der Waals surface area contributed by atoms with Crippen molar-refractivity contribution in [1.29, 1.82) is 0 Å². The molecule has 0 spiro atoms.